The summed E-state index contributed by atoms with van der Waals surface area (Å²) in [6.45, 7) is 1.88. The monoisotopic (exact) mass is 391 g/mol. The van der Waals surface area contributed by atoms with Gasteiger partial charge in [-0.1, -0.05) is 6.07 Å². The number of nitrogens with zero attached hydrogens (tertiary/aromatic N) is 3. The summed E-state index contributed by atoms with van der Waals surface area (Å²) in [7, 11) is -2.10. The van der Waals surface area contributed by atoms with Crippen LogP contribution < -0.4 is 0 Å². The first-order chi connectivity index (χ1) is 13.0. The van der Waals surface area contributed by atoms with Gasteiger partial charge in [0.1, 0.15) is 0 Å². The molecule has 1 aromatic carbocycles. The molecule has 1 aromatic rings. The van der Waals surface area contributed by atoms with Crippen molar-refractivity contribution in [3.8, 4) is 6.07 Å². The molecule has 2 fully saturated rings. The number of amides is 1. The molecule has 2 heterocycles. The normalized spacial score (nSPS) is 21.9. The fraction of sp³-hybridized carbons (Fsp3) is 0.579. The summed E-state index contributed by atoms with van der Waals surface area (Å²) in [5.74, 6) is -0.188. The zero-order chi connectivity index (χ0) is 19.4. The van der Waals surface area contributed by atoms with Crippen LogP contribution in [0.1, 0.15) is 36.0 Å². The smallest absolute Gasteiger partial charge is 0.253 e. The minimum Gasteiger partial charge on any atom is -0.383 e. The highest BCUT2D eigenvalue weighted by Crippen LogP contribution is 2.27. The molecule has 2 aliphatic heterocycles. The Labute approximate surface area is 160 Å². The lowest BCUT2D eigenvalue weighted by Crippen LogP contribution is -2.39. The Morgan fingerprint density at radius 1 is 1.26 bits per heavy atom. The molecule has 0 radical (unpaired) electrons. The summed E-state index contributed by atoms with van der Waals surface area (Å²) in [6, 6.07) is 8.35. The van der Waals surface area contributed by atoms with Gasteiger partial charge in [0.25, 0.3) is 5.91 Å². The van der Waals surface area contributed by atoms with E-state index in [0.29, 0.717) is 44.6 Å². The summed E-state index contributed by atoms with van der Waals surface area (Å²) in [6.07, 6.45) is 2.90. The quantitative estimate of drug-likeness (QED) is 0.764. The number of methoxy groups -OCH3 is 1. The Morgan fingerprint density at radius 3 is 2.67 bits per heavy atom. The Hall–Kier alpha value is -1.95. The Kier molecular flexibility index (Phi) is 6.15. The van der Waals surface area contributed by atoms with E-state index in [2.05, 4.69) is 6.07 Å². The lowest BCUT2D eigenvalue weighted by molar-refractivity contribution is 0.0707. The van der Waals surface area contributed by atoms with E-state index in [-0.39, 0.29) is 22.8 Å². The van der Waals surface area contributed by atoms with Gasteiger partial charge < -0.3 is 9.64 Å². The molecule has 0 spiro atoms. The molecule has 8 heteroatoms. The lowest BCUT2D eigenvalue weighted by Gasteiger charge is -2.29. The fourth-order valence-electron chi connectivity index (χ4n) is 3.80. The molecule has 0 bridgehead atoms. The second-order valence-electron chi connectivity index (χ2n) is 7.09. The van der Waals surface area contributed by atoms with E-state index < -0.39 is 10.0 Å². The van der Waals surface area contributed by atoms with Crippen LogP contribution in [-0.4, -0.2) is 62.9 Å². The molecule has 2 aliphatic rings. The van der Waals surface area contributed by atoms with Crippen molar-refractivity contribution in [1.29, 1.82) is 5.26 Å². The molecular weight excluding hydrogens is 366 g/mol. The molecule has 27 heavy (non-hydrogen) atoms. The zero-order valence-electron chi connectivity index (χ0n) is 15.5. The summed E-state index contributed by atoms with van der Waals surface area (Å²) in [5.41, 5.74) is 0.369. The average molecular weight is 391 g/mol. The lowest BCUT2D eigenvalue weighted by atomic mass is 9.98. The SMILES string of the molecule is COCC1CCCN1S(=O)(=O)c1cccc(C(=O)N2CCC(C#N)CC2)c1. The van der Waals surface area contributed by atoms with Crippen LogP contribution in [0.25, 0.3) is 0 Å². The van der Waals surface area contributed by atoms with Gasteiger partial charge in [0, 0.05) is 44.3 Å². The standard InChI is InChI=1S/C19H25N3O4S/c1-26-14-17-5-3-9-22(17)27(24,25)18-6-2-4-16(12-18)19(23)21-10-7-15(13-20)8-11-21/h2,4,6,12,15,17H,3,5,7-11,14H2,1H3. The molecule has 0 saturated carbocycles. The van der Waals surface area contributed by atoms with Gasteiger partial charge in [0.2, 0.25) is 10.0 Å². The van der Waals surface area contributed by atoms with Crippen LogP contribution in [0, 0.1) is 17.2 Å². The van der Waals surface area contributed by atoms with Crippen molar-refractivity contribution in [3.63, 3.8) is 0 Å². The number of hydrogen-bond donors (Lipinski definition) is 0. The molecular formula is C19H25N3O4S. The summed E-state index contributed by atoms with van der Waals surface area (Å²) < 4.78 is 32.8. The van der Waals surface area contributed by atoms with Crippen molar-refractivity contribution in [2.75, 3.05) is 33.4 Å². The van der Waals surface area contributed by atoms with E-state index >= 15 is 0 Å². The number of benzene rings is 1. The number of sulfonamides is 1. The predicted molar refractivity (Wildman–Crippen MR) is 99.5 cm³/mol. The van der Waals surface area contributed by atoms with Crippen molar-refractivity contribution in [1.82, 2.24) is 9.21 Å². The fourth-order valence-corrected chi connectivity index (χ4v) is 5.53. The topological polar surface area (TPSA) is 90.7 Å². The van der Waals surface area contributed by atoms with E-state index in [1.165, 1.54) is 16.4 Å². The predicted octanol–water partition coefficient (Wildman–Crippen LogP) is 1.86. The highest BCUT2D eigenvalue weighted by atomic mass is 32.2. The molecule has 0 N–H and O–H groups in total. The van der Waals surface area contributed by atoms with Crippen LogP contribution in [-0.2, 0) is 14.8 Å². The molecule has 3 rings (SSSR count). The van der Waals surface area contributed by atoms with Crippen molar-refractivity contribution >= 4 is 15.9 Å². The Morgan fingerprint density at radius 2 is 2.00 bits per heavy atom. The van der Waals surface area contributed by atoms with Crippen LogP contribution >= 0.6 is 0 Å². The van der Waals surface area contributed by atoms with Crippen LogP contribution in [0.2, 0.25) is 0 Å². The van der Waals surface area contributed by atoms with E-state index in [1.54, 1.807) is 24.1 Å². The second kappa shape index (κ2) is 8.38. The molecule has 1 amide bonds. The first-order valence-electron chi connectivity index (χ1n) is 9.27. The maximum absolute atomic E-state index is 13.1. The van der Waals surface area contributed by atoms with Gasteiger partial charge in [-0.25, -0.2) is 8.42 Å². The maximum Gasteiger partial charge on any atom is 0.253 e. The van der Waals surface area contributed by atoms with Crippen molar-refractivity contribution in [2.24, 2.45) is 5.92 Å². The maximum atomic E-state index is 13.1. The molecule has 146 valence electrons. The third kappa shape index (κ3) is 4.15. The Bertz CT molecular complexity index is 826. The number of carbonyl (C=O) groups excluding carboxylic acids is 1. The Balaban J connectivity index is 1.79. The number of rotatable bonds is 5. The third-order valence-corrected chi connectivity index (χ3v) is 7.28. The zero-order valence-corrected chi connectivity index (χ0v) is 16.3. The highest BCUT2D eigenvalue weighted by Gasteiger charge is 2.35. The van der Waals surface area contributed by atoms with Crippen LogP contribution in [0.15, 0.2) is 29.2 Å². The van der Waals surface area contributed by atoms with Crippen molar-refractivity contribution in [2.45, 2.75) is 36.6 Å². The van der Waals surface area contributed by atoms with Gasteiger partial charge in [-0.3, -0.25) is 4.79 Å². The number of ether oxygens (including phenoxy) is 1. The van der Waals surface area contributed by atoms with Crippen LogP contribution in [0.3, 0.4) is 0 Å². The molecule has 0 aliphatic carbocycles. The van der Waals surface area contributed by atoms with E-state index in [1.807, 2.05) is 0 Å². The number of piperidine rings is 1. The number of carbonyl (C=O) groups is 1. The average Bonchev–Trinajstić information content (AvgIpc) is 3.17. The minimum absolute atomic E-state index is 0.00588. The molecule has 2 saturated heterocycles. The van der Waals surface area contributed by atoms with Crippen molar-refractivity contribution in [3.05, 3.63) is 29.8 Å². The molecule has 0 aromatic heterocycles. The van der Waals surface area contributed by atoms with Gasteiger partial charge in [-0.15, -0.1) is 0 Å². The summed E-state index contributed by atoms with van der Waals surface area (Å²) in [5, 5.41) is 8.99. The summed E-state index contributed by atoms with van der Waals surface area (Å²) >= 11 is 0. The molecule has 7 nitrogen and oxygen atoms in total. The number of likely N-dealkylation sites (tertiary alicyclic amines) is 1. The van der Waals surface area contributed by atoms with Gasteiger partial charge in [0.15, 0.2) is 0 Å². The largest absolute Gasteiger partial charge is 0.383 e. The third-order valence-electron chi connectivity index (χ3n) is 5.33. The van der Waals surface area contributed by atoms with Crippen LogP contribution in [0.5, 0.6) is 0 Å². The molecule has 1 unspecified atom stereocenters. The van der Waals surface area contributed by atoms with E-state index in [9.17, 15) is 13.2 Å². The van der Waals surface area contributed by atoms with Gasteiger partial charge >= 0.3 is 0 Å². The highest BCUT2D eigenvalue weighted by molar-refractivity contribution is 7.89. The number of nitriles is 1. The first-order valence-corrected chi connectivity index (χ1v) is 10.7. The van der Waals surface area contributed by atoms with Gasteiger partial charge in [-0.2, -0.15) is 9.57 Å². The molecule has 1 atom stereocenters. The van der Waals surface area contributed by atoms with E-state index in [0.717, 1.165) is 12.8 Å². The van der Waals surface area contributed by atoms with Gasteiger partial charge in [0.05, 0.1) is 17.6 Å². The summed E-state index contributed by atoms with van der Waals surface area (Å²) in [4.78, 5) is 14.6. The van der Waals surface area contributed by atoms with Crippen LogP contribution in [0.4, 0.5) is 0 Å². The number of hydrogen-bond acceptors (Lipinski definition) is 5. The minimum atomic E-state index is -3.67. The van der Waals surface area contributed by atoms with Crippen molar-refractivity contribution < 1.29 is 17.9 Å². The first kappa shape index (κ1) is 19.8. The van der Waals surface area contributed by atoms with Gasteiger partial charge in [-0.05, 0) is 43.9 Å². The van der Waals surface area contributed by atoms with E-state index in [4.69, 9.17) is 10.00 Å². The second-order valence-corrected chi connectivity index (χ2v) is 8.98.